The monoisotopic (exact) mass is 295 g/mol. The first-order chi connectivity index (χ1) is 9.49. The molecule has 0 saturated carbocycles. The summed E-state index contributed by atoms with van der Waals surface area (Å²) in [6.45, 7) is 1.20. The van der Waals surface area contributed by atoms with E-state index in [9.17, 15) is 13.2 Å². The van der Waals surface area contributed by atoms with Crippen LogP contribution in [0.3, 0.4) is 0 Å². The molecular formula is C14H17NO4S. The third-order valence-corrected chi connectivity index (χ3v) is 6.03. The van der Waals surface area contributed by atoms with Crippen LogP contribution in [0.15, 0.2) is 29.2 Å². The summed E-state index contributed by atoms with van der Waals surface area (Å²) < 4.78 is 24.4. The van der Waals surface area contributed by atoms with Crippen molar-refractivity contribution < 1.29 is 18.3 Å². The molecule has 1 saturated heterocycles. The van der Waals surface area contributed by atoms with E-state index in [4.69, 9.17) is 5.11 Å². The van der Waals surface area contributed by atoms with Gasteiger partial charge in [0, 0.05) is 6.54 Å². The largest absolute Gasteiger partial charge is 0.481 e. The smallest absolute Gasteiger partial charge is 0.307 e. The van der Waals surface area contributed by atoms with Crippen molar-refractivity contribution in [2.24, 2.45) is 5.92 Å². The van der Waals surface area contributed by atoms with E-state index in [-0.39, 0.29) is 17.7 Å². The molecule has 2 aliphatic rings. The van der Waals surface area contributed by atoms with Crippen LogP contribution >= 0.6 is 0 Å². The standard InChI is InChI=1S/C14H17NO4S/c16-14(17)10-4-3-7-15(8-10)12-9-20(18,19)13-6-2-1-5-11(12)13/h1-2,5-6,10,12H,3-4,7-9H2,(H,16,17). The van der Waals surface area contributed by atoms with Gasteiger partial charge in [0.15, 0.2) is 9.84 Å². The number of likely N-dealkylation sites (tertiary alicyclic amines) is 1. The summed E-state index contributed by atoms with van der Waals surface area (Å²) in [5, 5.41) is 9.15. The normalized spacial score (nSPS) is 29.0. The molecule has 0 bridgehead atoms. The Morgan fingerprint density at radius 2 is 2.05 bits per heavy atom. The molecule has 0 aliphatic carbocycles. The van der Waals surface area contributed by atoms with Gasteiger partial charge in [-0.1, -0.05) is 18.2 Å². The molecular weight excluding hydrogens is 278 g/mol. The van der Waals surface area contributed by atoms with Crippen molar-refractivity contribution in [2.75, 3.05) is 18.8 Å². The maximum Gasteiger partial charge on any atom is 0.307 e. The first-order valence-corrected chi connectivity index (χ1v) is 8.43. The summed E-state index contributed by atoms with van der Waals surface area (Å²) in [5.74, 6) is -1.11. The minimum Gasteiger partial charge on any atom is -0.481 e. The molecule has 2 aliphatic heterocycles. The highest BCUT2D eigenvalue weighted by Crippen LogP contribution is 2.38. The lowest BCUT2D eigenvalue weighted by atomic mass is 9.95. The van der Waals surface area contributed by atoms with E-state index in [1.807, 2.05) is 17.0 Å². The molecule has 1 fully saturated rings. The molecule has 1 aromatic rings. The minimum absolute atomic E-state index is 0.0681. The van der Waals surface area contributed by atoms with Gasteiger partial charge in [0.2, 0.25) is 0 Å². The first-order valence-electron chi connectivity index (χ1n) is 6.77. The molecule has 2 heterocycles. The lowest BCUT2D eigenvalue weighted by molar-refractivity contribution is -0.143. The summed E-state index contributed by atoms with van der Waals surface area (Å²) in [4.78, 5) is 13.6. The van der Waals surface area contributed by atoms with E-state index in [2.05, 4.69) is 0 Å². The summed E-state index contributed by atoms with van der Waals surface area (Å²) >= 11 is 0. The Morgan fingerprint density at radius 3 is 2.80 bits per heavy atom. The lowest BCUT2D eigenvalue weighted by Crippen LogP contribution is -2.41. The van der Waals surface area contributed by atoms with Gasteiger partial charge in [0.25, 0.3) is 0 Å². The van der Waals surface area contributed by atoms with Crippen molar-refractivity contribution in [3.63, 3.8) is 0 Å². The van der Waals surface area contributed by atoms with Gasteiger partial charge in [-0.05, 0) is 31.0 Å². The van der Waals surface area contributed by atoms with Gasteiger partial charge >= 0.3 is 5.97 Å². The second kappa shape index (κ2) is 4.86. The molecule has 3 rings (SSSR count). The Labute approximate surface area is 118 Å². The molecule has 1 N–H and O–H groups in total. The van der Waals surface area contributed by atoms with Crippen molar-refractivity contribution in [3.05, 3.63) is 29.8 Å². The van der Waals surface area contributed by atoms with Crippen molar-refractivity contribution in [1.82, 2.24) is 4.90 Å². The van der Waals surface area contributed by atoms with Crippen LogP contribution in [-0.4, -0.2) is 43.2 Å². The number of rotatable bonds is 2. The van der Waals surface area contributed by atoms with Crippen LogP contribution in [0.1, 0.15) is 24.4 Å². The molecule has 1 aromatic carbocycles. The summed E-state index contributed by atoms with van der Waals surface area (Å²) in [6, 6.07) is 6.86. The molecule has 2 unspecified atom stereocenters. The number of sulfone groups is 1. The minimum atomic E-state index is -3.23. The van der Waals surface area contributed by atoms with E-state index in [1.54, 1.807) is 12.1 Å². The van der Waals surface area contributed by atoms with E-state index < -0.39 is 15.8 Å². The highest BCUT2D eigenvalue weighted by Gasteiger charge is 2.40. The molecule has 5 nitrogen and oxygen atoms in total. The fraction of sp³-hybridized carbons (Fsp3) is 0.500. The number of fused-ring (bicyclic) bond motifs is 1. The highest BCUT2D eigenvalue weighted by molar-refractivity contribution is 7.91. The van der Waals surface area contributed by atoms with Crippen LogP contribution < -0.4 is 0 Å². The number of carbonyl (C=O) groups is 1. The van der Waals surface area contributed by atoms with Crippen LogP contribution in [-0.2, 0) is 14.6 Å². The van der Waals surface area contributed by atoms with E-state index in [0.29, 0.717) is 17.9 Å². The second-order valence-corrected chi connectivity index (χ2v) is 7.51. The number of hydrogen-bond donors (Lipinski definition) is 1. The van der Waals surface area contributed by atoms with Gasteiger partial charge in [-0.25, -0.2) is 8.42 Å². The predicted octanol–water partition coefficient (Wildman–Crippen LogP) is 1.31. The molecule has 6 heteroatoms. The Bertz CT molecular complexity index is 640. The molecule has 2 atom stereocenters. The number of nitrogens with zero attached hydrogens (tertiary/aromatic N) is 1. The van der Waals surface area contributed by atoms with Gasteiger partial charge in [0.05, 0.1) is 22.6 Å². The maximum absolute atomic E-state index is 12.2. The number of hydrogen-bond acceptors (Lipinski definition) is 4. The summed E-state index contributed by atoms with van der Waals surface area (Å²) in [7, 11) is -3.23. The molecule has 0 aromatic heterocycles. The van der Waals surface area contributed by atoms with Gasteiger partial charge in [-0.3, -0.25) is 9.69 Å². The van der Waals surface area contributed by atoms with Crippen molar-refractivity contribution in [3.8, 4) is 0 Å². The molecule has 0 radical (unpaired) electrons. The molecule has 0 spiro atoms. The third kappa shape index (κ3) is 2.23. The maximum atomic E-state index is 12.2. The zero-order valence-electron chi connectivity index (χ0n) is 11.0. The fourth-order valence-corrected chi connectivity index (χ4v) is 5.05. The highest BCUT2D eigenvalue weighted by atomic mass is 32.2. The quantitative estimate of drug-likeness (QED) is 0.890. The van der Waals surface area contributed by atoms with E-state index >= 15 is 0 Å². The SMILES string of the molecule is O=C(O)C1CCCN(C2CS(=O)(=O)c3ccccc32)C1. The topological polar surface area (TPSA) is 74.7 Å². The lowest BCUT2D eigenvalue weighted by Gasteiger charge is -2.35. The van der Waals surface area contributed by atoms with Crippen molar-refractivity contribution in [1.29, 1.82) is 0 Å². The Kier molecular flexibility index (Phi) is 3.30. The zero-order chi connectivity index (χ0) is 14.3. The van der Waals surface area contributed by atoms with Crippen molar-refractivity contribution >= 4 is 15.8 Å². The van der Waals surface area contributed by atoms with E-state index in [0.717, 1.165) is 18.5 Å². The fourth-order valence-electron chi connectivity index (χ4n) is 3.22. The van der Waals surface area contributed by atoms with Crippen LogP contribution in [0.4, 0.5) is 0 Å². The van der Waals surface area contributed by atoms with Crippen LogP contribution in [0.2, 0.25) is 0 Å². The van der Waals surface area contributed by atoms with Gasteiger partial charge in [-0.2, -0.15) is 0 Å². The average molecular weight is 295 g/mol. The van der Waals surface area contributed by atoms with Crippen LogP contribution in [0, 0.1) is 5.92 Å². The molecule has 20 heavy (non-hydrogen) atoms. The van der Waals surface area contributed by atoms with Gasteiger partial charge in [-0.15, -0.1) is 0 Å². The van der Waals surface area contributed by atoms with Crippen LogP contribution in [0.5, 0.6) is 0 Å². The second-order valence-electron chi connectivity index (χ2n) is 5.51. The Hall–Kier alpha value is -1.40. The summed E-state index contributed by atoms with van der Waals surface area (Å²) in [6.07, 6.45) is 1.47. The zero-order valence-corrected chi connectivity index (χ0v) is 11.8. The number of carboxylic acid groups (broad SMARTS) is 1. The Balaban J connectivity index is 1.91. The van der Waals surface area contributed by atoms with Gasteiger partial charge < -0.3 is 5.11 Å². The number of piperidine rings is 1. The number of benzene rings is 1. The van der Waals surface area contributed by atoms with Crippen molar-refractivity contribution in [2.45, 2.75) is 23.8 Å². The predicted molar refractivity (Wildman–Crippen MR) is 73.2 cm³/mol. The van der Waals surface area contributed by atoms with Gasteiger partial charge in [0.1, 0.15) is 0 Å². The third-order valence-electron chi connectivity index (χ3n) is 4.23. The molecule has 0 amide bonds. The van der Waals surface area contributed by atoms with E-state index in [1.165, 1.54) is 0 Å². The number of carboxylic acids is 1. The van der Waals surface area contributed by atoms with Crippen LogP contribution in [0.25, 0.3) is 0 Å². The number of aliphatic carboxylic acids is 1. The summed E-state index contributed by atoms with van der Waals surface area (Å²) in [5.41, 5.74) is 0.818. The first kappa shape index (κ1) is 13.6. The molecule has 108 valence electrons. The Morgan fingerprint density at radius 1 is 1.30 bits per heavy atom. The average Bonchev–Trinajstić information content (AvgIpc) is 2.72.